The minimum absolute atomic E-state index is 0.0136. The first kappa shape index (κ1) is 19.5. The average Bonchev–Trinajstić information content (AvgIpc) is 2.74. The SMILES string of the molecule is O=C1CCc2cc(OCC(=O)NC3CCCCC3Cc3ccccc3)ccc2N1. The van der Waals surface area contributed by atoms with E-state index in [0.717, 1.165) is 36.9 Å². The van der Waals surface area contributed by atoms with Gasteiger partial charge in [0.15, 0.2) is 6.61 Å². The van der Waals surface area contributed by atoms with Crippen molar-refractivity contribution in [1.29, 1.82) is 0 Å². The smallest absolute Gasteiger partial charge is 0.258 e. The average molecular weight is 392 g/mol. The lowest BCUT2D eigenvalue weighted by atomic mass is 9.80. The second-order valence-corrected chi connectivity index (χ2v) is 8.06. The van der Waals surface area contributed by atoms with E-state index >= 15 is 0 Å². The molecule has 1 saturated carbocycles. The van der Waals surface area contributed by atoms with Crippen molar-refractivity contribution in [2.24, 2.45) is 5.92 Å². The van der Waals surface area contributed by atoms with Crippen molar-refractivity contribution < 1.29 is 14.3 Å². The molecule has 152 valence electrons. The van der Waals surface area contributed by atoms with Gasteiger partial charge in [-0.25, -0.2) is 0 Å². The third kappa shape index (κ3) is 5.17. The molecule has 0 saturated heterocycles. The molecular weight excluding hydrogens is 364 g/mol. The van der Waals surface area contributed by atoms with Gasteiger partial charge >= 0.3 is 0 Å². The molecule has 4 rings (SSSR count). The quantitative estimate of drug-likeness (QED) is 0.784. The molecule has 0 bridgehead atoms. The third-order valence-electron chi connectivity index (χ3n) is 5.94. The minimum atomic E-state index is -0.0685. The Kier molecular flexibility index (Phi) is 6.13. The van der Waals surface area contributed by atoms with Gasteiger partial charge in [-0.2, -0.15) is 0 Å². The Labute approximate surface area is 171 Å². The zero-order valence-electron chi connectivity index (χ0n) is 16.7. The number of hydrogen-bond acceptors (Lipinski definition) is 3. The summed E-state index contributed by atoms with van der Waals surface area (Å²) in [6, 6.07) is 16.3. The van der Waals surface area contributed by atoms with Gasteiger partial charge in [0.05, 0.1) is 0 Å². The van der Waals surface area contributed by atoms with Crippen LogP contribution >= 0.6 is 0 Å². The van der Waals surface area contributed by atoms with Crippen molar-refractivity contribution in [2.75, 3.05) is 11.9 Å². The summed E-state index contributed by atoms with van der Waals surface area (Å²) in [7, 11) is 0. The second kappa shape index (κ2) is 9.12. The van der Waals surface area contributed by atoms with Crippen molar-refractivity contribution in [3.8, 4) is 5.75 Å². The maximum absolute atomic E-state index is 12.5. The molecule has 0 spiro atoms. The van der Waals surface area contributed by atoms with Crippen LogP contribution in [0.15, 0.2) is 48.5 Å². The molecule has 0 radical (unpaired) electrons. The van der Waals surface area contributed by atoms with Crippen LogP contribution in [0.3, 0.4) is 0 Å². The molecule has 0 aromatic heterocycles. The van der Waals surface area contributed by atoms with Gasteiger partial charge in [0.2, 0.25) is 5.91 Å². The summed E-state index contributed by atoms with van der Waals surface area (Å²) in [4.78, 5) is 24.0. The molecule has 2 aromatic rings. The van der Waals surface area contributed by atoms with Gasteiger partial charge in [0, 0.05) is 18.2 Å². The van der Waals surface area contributed by atoms with Gasteiger partial charge < -0.3 is 15.4 Å². The van der Waals surface area contributed by atoms with Crippen molar-refractivity contribution in [3.05, 3.63) is 59.7 Å². The van der Waals surface area contributed by atoms with Crippen molar-refractivity contribution >= 4 is 17.5 Å². The van der Waals surface area contributed by atoms with Crippen LogP contribution in [0.5, 0.6) is 5.75 Å². The number of fused-ring (bicyclic) bond motifs is 1. The predicted molar refractivity (Wildman–Crippen MR) is 113 cm³/mol. The molecular formula is C24H28N2O3. The van der Waals surface area contributed by atoms with Crippen LogP contribution in [-0.4, -0.2) is 24.5 Å². The number of carbonyl (C=O) groups excluding carboxylic acids is 2. The van der Waals surface area contributed by atoms with Crippen molar-refractivity contribution in [2.45, 2.75) is 51.0 Å². The first-order valence-electron chi connectivity index (χ1n) is 10.6. The lowest BCUT2D eigenvalue weighted by molar-refractivity contribution is -0.124. The Morgan fingerprint density at radius 3 is 2.76 bits per heavy atom. The van der Waals surface area contributed by atoms with Crippen LogP contribution < -0.4 is 15.4 Å². The molecule has 5 nitrogen and oxygen atoms in total. The molecule has 2 aromatic carbocycles. The van der Waals surface area contributed by atoms with Crippen LogP contribution in [0.2, 0.25) is 0 Å². The Hall–Kier alpha value is -2.82. The fourth-order valence-electron chi connectivity index (χ4n) is 4.41. The molecule has 1 aliphatic heterocycles. The fourth-order valence-corrected chi connectivity index (χ4v) is 4.41. The van der Waals surface area contributed by atoms with Gasteiger partial charge in [-0.3, -0.25) is 9.59 Å². The van der Waals surface area contributed by atoms with Crippen molar-refractivity contribution in [1.82, 2.24) is 5.32 Å². The molecule has 2 amide bonds. The Morgan fingerprint density at radius 1 is 1.07 bits per heavy atom. The second-order valence-electron chi connectivity index (χ2n) is 8.06. The number of hydrogen-bond donors (Lipinski definition) is 2. The molecule has 2 aliphatic rings. The lowest BCUT2D eigenvalue weighted by Crippen LogP contribution is -2.44. The number of rotatable bonds is 6. The summed E-state index contributed by atoms with van der Waals surface area (Å²) in [5, 5.41) is 6.06. The van der Waals surface area contributed by atoms with E-state index in [1.54, 1.807) is 6.07 Å². The molecule has 2 unspecified atom stereocenters. The van der Waals surface area contributed by atoms with Gasteiger partial charge in [-0.05, 0) is 60.9 Å². The summed E-state index contributed by atoms with van der Waals surface area (Å²) in [6.45, 7) is 0.0136. The predicted octanol–water partition coefficient (Wildman–Crippen LogP) is 3.87. The van der Waals surface area contributed by atoms with E-state index < -0.39 is 0 Å². The van der Waals surface area contributed by atoms with Gasteiger partial charge in [0.1, 0.15) is 5.75 Å². The summed E-state index contributed by atoms with van der Waals surface area (Å²) in [6.07, 6.45) is 6.76. The first-order chi connectivity index (χ1) is 14.2. The highest BCUT2D eigenvalue weighted by atomic mass is 16.5. The number of ether oxygens (including phenoxy) is 1. The van der Waals surface area contributed by atoms with Crippen LogP contribution in [0, 0.1) is 5.92 Å². The summed E-state index contributed by atoms with van der Waals surface area (Å²) < 4.78 is 5.73. The normalized spacial score (nSPS) is 21.0. The van der Waals surface area contributed by atoms with Gasteiger partial charge in [0.25, 0.3) is 5.91 Å². The van der Waals surface area contributed by atoms with Crippen LogP contribution in [0.25, 0.3) is 0 Å². The van der Waals surface area contributed by atoms with E-state index in [1.807, 2.05) is 18.2 Å². The molecule has 1 fully saturated rings. The van der Waals surface area contributed by atoms with Gasteiger partial charge in [-0.15, -0.1) is 0 Å². The highest BCUT2D eigenvalue weighted by molar-refractivity contribution is 5.94. The standard InChI is InChI=1S/C24H28N2O3/c27-23-13-10-19-15-20(11-12-22(19)25-23)29-16-24(28)26-21-9-5-4-8-18(21)14-17-6-2-1-3-7-17/h1-3,6-7,11-12,15,18,21H,4-5,8-10,13-14,16H2,(H,25,27)(H,26,28). The number of amides is 2. The van der Waals surface area contributed by atoms with E-state index in [4.69, 9.17) is 4.74 Å². The van der Waals surface area contributed by atoms with Gasteiger partial charge in [-0.1, -0.05) is 43.2 Å². The zero-order chi connectivity index (χ0) is 20.1. The van der Waals surface area contributed by atoms with E-state index in [2.05, 4.69) is 34.9 Å². The Bertz CT molecular complexity index is 866. The van der Waals surface area contributed by atoms with E-state index in [9.17, 15) is 9.59 Å². The van der Waals surface area contributed by atoms with E-state index in [1.165, 1.54) is 12.0 Å². The number of nitrogens with one attached hydrogen (secondary N) is 2. The van der Waals surface area contributed by atoms with Crippen LogP contribution in [0.4, 0.5) is 5.69 Å². The van der Waals surface area contributed by atoms with Crippen molar-refractivity contribution in [3.63, 3.8) is 0 Å². The lowest BCUT2D eigenvalue weighted by Gasteiger charge is -2.32. The molecule has 1 aliphatic carbocycles. The highest BCUT2D eigenvalue weighted by Gasteiger charge is 2.26. The Balaban J connectivity index is 1.31. The summed E-state index contributed by atoms with van der Waals surface area (Å²) in [5.41, 5.74) is 3.22. The summed E-state index contributed by atoms with van der Waals surface area (Å²) >= 11 is 0. The molecule has 29 heavy (non-hydrogen) atoms. The van der Waals surface area contributed by atoms with E-state index in [0.29, 0.717) is 24.5 Å². The summed E-state index contributed by atoms with van der Waals surface area (Å²) in [5.74, 6) is 1.12. The topological polar surface area (TPSA) is 67.4 Å². The maximum Gasteiger partial charge on any atom is 0.258 e. The molecule has 2 atom stereocenters. The monoisotopic (exact) mass is 392 g/mol. The molecule has 2 N–H and O–H groups in total. The number of benzene rings is 2. The Morgan fingerprint density at radius 2 is 1.90 bits per heavy atom. The minimum Gasteiger partial charge on any atom is -0.484 e. The van der Waals surface area contributed by atoms with Crippen LogP contribution in [-0.2, 0) is 22.4 Å². The molecule has 5 heteroatoms. The first-order valence-corrected chi connectivity index (χ1v) is 10.6. The largest absolute Gasteiger partial charge is 0.484 e. The maximum atomic E-state index is 12.5. The zero-order valence-corrected chi connectivity index (χ0v) is 16.7. The third-order valence-corrected chi connectivity index (χ3v) is 5.94. The van der Waals surface area contributed by atoms with Crippen LogP contribution in [0.1, 0.15) is 43.2 Å². The number of carbonyl (C=O) groups is 2. The van der Waals surface area contributed by atoms with E-state index in [-0.39, 0.29) is 24.5 Å². The number of anilines is 1. The fraction of sp³-hybridized carbons (Fsp3) is 0.417. The molecule has 1 heterocycles. The number of aryl methyl sites for hydroxylation is 1. The highest BCUT2D eigenvalue weighted by Crippen LogP contribution is 2.28.